The van der Waals surface area contributed by atoms with Crippen LogP contribution < -0.4 is 10.0 Å². The monoisotopic (exact) mass is 380 g/mol. The number of benzene rings is 1. The number of nitrogens with one attached hydrogen (secondary N) is 2. The Morgan fingerprint density at radius 3 is 2.58 bits per heavy atom. The molecular weight excluding hydrogens is 348 g/mol. The van der Waals surface area contributed by atoms with Gasteiger partial charge in [-0.25, -0.2) is 8.42 Å². The summed E-state index contributed by atoms with van der Waals surface area (Å²) in [7, 11) is -1.51. The highest BCUT2D eigenvalue weighted by atomic mass is 32.2. The van der Waals surface area contributed by atoms with Crippen LogP contribution in [0.5, 0.6) is 0 Å². The minimum atomic E-state index is -3.28. The Morgan fingerprint density at radius 1 is 1.31 bits per heavy atom. The molecule has 26 heavy (non-hydrogen) atoms. The number of hydrogen-bond acceptors (Lipinski definition) is 4. The van der Waals surface area contributed by atoms with Crippen LogP contribution in [0.2, 0.25) is 0 Å². The number of anilines is 1. The van der Waals surface area contributed by atoms with Crippen molar-refractivity contribution in [3.05, 3.63) is 29.8 Å². The van der Waals surface area contributed by atoms with Gasteiger partial charge in [0.15, 0.2) is 0 Å². The van der Waals surface area contributed by atoms with Gasteiger partial charge in [-0.15, -0.1) is 0 Å². The molecule has 1 aromatic rings. The van der Waals surface area contributed by atoms with Crippen LogP contribution in [-0.2, 0) is 20.2 Å². The van der Waals surface area contributed by atoms with Gasteiger partial charge in [0.1, 0.15) is 0 Å². The van der Waals surface area contributed by atoms with Crippen molar-refractivity contribution in [2.24, 2.45) is 17.8 Å². The highest BCUT2D eigenvalue weighted by Gasteiger charge is 2.56. The first-order chi connectivity index (χ1) is 12.4. The molecule has 3 rings (SSSR count). The van der Waals surface area contributed by atoms with Crippen molar-refractivity contribution >= 4 is 15.7 Å². The van der Waals surface area contributed by atoms with E-state index in [2.05, 4.69) is 29.1 Å². The van der Waals surface area contributed by atoms with Gasteiger partial charge >= 0.3 is 0 Å². The Labute approximate surface area is 158 Å². The normalized spacial score (nSPS) is 29.5. The summed E-state index contributed by atoms with van der Waals surface area (Å²) in [6.07, 6.45) is 5.84. The number of methoxy groups -OCH3 is 1. The third kappa shape index (κ3) is 3.64. The minimum Gasteiger partial charge on any atom is -0.385 e. The largest absolute Gasteiger partial charge is 0.385 e. The van der Waals surface area contributed by atoms with Crippen LogP contribution in [0, 0.1) is 17.8 Å². The Balaban J connectivity index is 2.06. The molecule has 2 fully saturated rings. The Hall–Kier alpha value is -1.11. The van der Waals surface area contributed by atoms with Gasteiger partial charge < -0.3 is 10.1 Å². The lowest BCUT2D eigenvalue weighted by atomic mass is 9.57. The van der Waals surface area contributed by atoms with Gasteiger partial charge in [-0.05, 0) is 67.8 Å². The molecule has 0 spiro atoms. The average Bonchev–Trinajstić information content (AvgIpc) is 2.78. The molecule has 3 atom stereocenters. The lowest BCUT2D eigenvalue weighted by Crippen LogP contribution is -2.54. The van der Waals surface area contributed by atoms with Crippen molar-refractivity contribution in [2.45, 2.75) is 38.0 Å². The van der Waals surface area contributed by atoms with Gasteiger partial charge in [-0.2, -0.15) is 0 Å². The number of fused-ring (bicyclic) bond motifs is 2. The van der Waals surface area contributed by atoms with Gasteiger partial charge in [-0.1, -0.05) is 25.5 Å². The molecule has 2 N–H and O–H groups in total. The van der Waals surface area contributed by atoms with E-state index in [4.69, 9.17) is 4.74 Å². The van der Waals surface area contributed by atoms with Gasteiger partial charge in [0.25, 0.3) is 0 Å². The van der Waals surface area contributed by atoms with Crippen molar-refractivity contribution in [3.63, 3.8) is 0 Å². The topological polar surface area (TPSA) is 67.4 Å². The lowest BCUT2D eigenvalue weighted by molar-refractivity contribution is 0.0748. The van der Waals surface area contributed by atoms with E-state index >= 15 is 0 Å². The van der Waals surface area contributed by atoms with E-state index in [0.717, 1.165) is 32.5 Å². The molecule has 0 amide bonds. The summed E-state index contributed by atoms with van der Waals surface area (Å²) >= 11 is 0. The second-order valence-electron chi connectivity index (χ2n) is 7.90. The van der Waals surface area contributed by atoms with Crippen molar-refractivity contribution in [1.29, 1.82) is 0 Å². The molecule has 1 saturated carbocycles. The fourth-order valence-corrected chi connectivity index (χ4v) is 6.22. The average molecular weight is 381 g/mol. The van der Waals surface area contributed by atoms with Crippen molar-refractivity contribution in [3.8, 4) is 0 Å². The van der Waals surface area contributed by atoms with E-state index in [1.807, 2.05) is 12.1 Å². The van der Waals surface area contributed by atoms with Gasteiger partial charge in [0.2, 0.25) is 10.0 Å². The summed E-state index contributed by atoms with van der Waals surface area (Å²) in [6.45, 7) is 5.14. The zero-order valence-electron chi connectivity index (χ0n) is 16.1. The van der Waals surface area contributed by atoms with Gasteiger partial charge in [0.05, 0.1) is 6.26 Å². The molecule has 1 aliphatic heterocycles. The van der Waals surface area contributed by atoms with Crippen LogP contribution in [-0.4, -0.2) is 41.5 Å². The van der Waals surface area contributed by atoms with Crippen molar-refractivity contribution in [1.82, 2.24) is 5.32 Å². The molecule has 1 aliphatic carbocycles. The molecule has 6 heteroatoms. The fraction of sp³-hybridized carbons (Fsp3) is 0.700. The highest BCUT2D eigenvalue weighted by molar-refractivity contribution is 7.92. The van der Waals surface area contributed by atoms with E-state index in [9.17, 15) is 8.42 Å². The molecule has 0 radical (unpaired) electrons. The van der Waals surface area contributed by atoms with Crippen molar-refractivity contribution < 1.29 is 13.2 Å². The summed E-state index contributed by atoms with van der Waals surface area (Å²) in [6, 6.07) is 8.12. The van der Waals surface area contributed by atoms with Crippen LogP contribution in [0.1, 0.15) is 38.2 Å². The maximum absolute atomic E-state index is 11.7. The zero-order valence-corrected chi connectivity index (χ0v) is 16.9. The number of hydrogen-bond donors (Lipinski definition) is 2. The Morgan fingerprint density at radius 2 is 2.00 bits per heavy atom. The zero-order chi connectivity index (χ0) is 18.8. The van der Waals surface area contributed by atoms with Gasteiger partial charge in [0, 0.05) is 24.8 Å². The number of ether oxygens (including phenoxy) is 1. The Kier molecular flexibility index (Phi) is 5.94. The highest BCUT2D eigenvalue weighted by Crippen LogP contribution is 2.57. The van der Waals surface area contributed by atoms with E-state index in [0.29, 0.717) is 23.4 Å². The first kappa shape index (κ1) is 19.6. The third-order valence-electron chi connectivity index (χ3n) is 6.50. The maximum Gasteiger partial charge on any atom is 0.229 e. The molecule has 2 aliphatic rings. The predicted octanol–water partition coefficient (Wildman–Crippen LogP) is 2.99. The molecular formula is C20H32N2O3S. The summed E-state index contributed by atoms with van der Waals surface area (Å²) in [5, 5.41) is 3.62. The number of rotatable bonds is 8. The molecule has 3 unspecified atom stereocenters. The molecule has 1 aromatic carbocycles. The molecule has 5 nitrogen and oxygen atoms in total. The minimum absolute atomic E-state index is 0.105. The molecule has 146 valence electrons. The maximum atomic E-state index is 11.7. The van der Waals surface area contributed by atoms with Gasteiger partial charge in [-0.3, -0.25) is 4.72 Å². The Bertz CT molecular complexity index is 704. The third-order valence-corrected chi connectivity index (χ3v) is 7.11. The van der Waals surface area contributed by atoms with Crippen LogP contribution in [0.15, 0.2) is 24.3 Å². The van der Waals surface area contributed by atoms with Crippen LogP contribution >= 0.6 is 0 Å². The molecule has 0 aromatic heterocycles. The van der Waals surface area contributed by atoms with Crippen LogP contribution in [0.3, 0.4) is 0 Å². The SMILES string of the molecule is CCC(CCOC)C1(c2cccc(NS(C)(=O)=O)c2)C2CCC1CNC2. The summed E-state index contributed by atoms with van der Waals surface area (Å²) in [5.41, 5.74) is 2.07. The first-order valence-corrected chi connectivity index (χ1v) is 11.6. The summed E-state index contributed by atoms with van der Waals surface area (Å²) in [4.78, 5) is 0. The standard InChI is InChI=1S/C20H32N2O3S/c1-4-15(10-11-25-2)20(17-8-9-18(20)14-21-13-17)16-6-5-7-19(12-16)22-26(3,23)24/h5-7,12,15,17-18,21-22H,4,8-11,13-14H2,1-3H3. The quantitative estimate of drug-likeness (QED) is 0.728. The van der Waals surface area contributed by atoms with Crippen LogP contribution in [0.4, 0.5) is 5.69 Å². The lowest BCUT2D eigenvalue weighted by Gasteiger charge is -2.50. The van der Waals surface area contributed by atoms with E-state index in [1.165, 1.54) is 24.7 Å². The van der Waals surface area contributed by atoms with Crippen molar-refractivity contribution in [2.75, 3.05) is 37.8 Å². The molecule has 1 heterocycles. The second kappa shape index (κ2) is 7.87. The second-order valence-corrected chi connectivity index (χ2v) is 9.65. The van der Waals surface area contributed by atoms with E-state index in [-0.39, 0.29) is 5.41 Å². The molecule has 1 saturated heterocycles. The number of piperidine rings is 1. The van der Waals surface area contributed by atoms with E-state index in [1.54, 1.807) is 7.11 Å². The van der Waals surface area contributed by atoms with E-state index < -0.39 is 10.0 Å². The molecule has 2 bridgehead atoms. The number of sulfonamides is 1. The summed E-state index contributed by atoms with van der Waals surface area (Å²) < 4.78 is 31.5. The summed E-state index contributed by atoms with van der Waals surface area (Å²) in [5.74, 6) is 1.73. The van der Waals surface area contributed by atoms with Crippen LogP contribution in [0.25, 0.3) is 0 Å². The predicted molar refractivity (Wildman–Crippen MR) is 106 cm³/mol. The first-order valence-electron chi connectivity index (χ1n) is 9.69. The fourth-order valence-electron chi connectivity index (χ4n) is 5.67. The smallest absolute Gasteiger partial charge is 0.229 e.